The highest BCUT2D eigenvalue weighted by atomic mass is 35.5. The molecular weight excluding hydrogens is 432 g/mol. The fourth-order valence-corrected chi connectivity index (χ4v) is 5.40. The molecule has 2 saturated heterocycles. The number of hydrogen-bond donors (Lipinski definition) is 1. The molecule has 3 heterocycles. The molecule has 32 heavy (non-hydrogen) atoms. The van der Waals surface area contributed by atoms with E-state index in [4.69, 9.17) is 16.3 Å². The van der Waals surface area contributed by atoms with Gasteiger partial charge in [-0.1, -0.05) is 11.6 Å². The van der Waals surface area contributed by atoms with E-state index in [0.717, 1.165) is 83.2 Å². The SMILES string of the molecule is O=CN(CCC1CCCN(c2ncc(N3CCCOC3=O)cc2Cl)C1)C1CCC(O)CC1. The van der Waals surface area contributed by atoms with Gasteiger partial charge in [0.25, 0.3) is 0 Å². The summed E-state index contributed by atoms with van der Waals surface area (Å²) in [4.78, 5) is 34.0. The van der Waals surface area contributed by atoms with E-state index in [-0.39, 0.29) is 18.2 Å². The van der Waals surface area contributed by atoms with E-state index in [2.05, 4.69) is 9.88 Å². The summed E-state index contributed by atoms with van der Waals surface area (Å²) in [5.74, 6) is 1.22. The third kappa shape index (κ3) is 5.46. The summed E-state index contributed by atoms with van der Waals surface area (Å²) >= 11 is 6.58. The number of carbonyl (C=O) groups excluding carboxylic acids is 2. The molecule has 1 atom stereocenters. The number of aromatic nitrogens is 1. The zero-order valence-electron chi connectivity index (χ0n) is 18.5. The number of piperidine rings is 1. The Morgan fingerprint density at radius 2 is 2.03 bits per heavy atom. The number of rotatable bonds is 7. The van der Waals surface area contributed by atoms with Crippen LogP contribution in [0.2, 0.25) is 5.02 Å². The number of halogens is 1. The van der Waals surface area contributed by atoms with Crippen LogP contribution in [0.25, 0.3) is 0 Å². The molecule has 0 spiro atoms. The molecule has 2 aliphatic heterocycles. The zero-order chi connectivity index (χ0) is 22.5. The van der Waals surface area contributed by atoms with Crippen LogP contribution in [-0.2, 0) is 9.53 Å². The summed E-state index contributed by atoms with van der Waals surface area (Å²) in [5, 5.41) is 10.3. The predicted molar refractivity (Wildman–Crippen MR) is 123 cm³/mol. The molecule has 0 aromatic carbocycles. The Balaban J connectivity index is 1.34. The van der Waals surface area contributed by atoms with Crippen LogP contribution >= 0.6 is 11.6 Å². The van der Waals surface area contributed by atoms with Crippen molar-refractivity contribution in [1.29, 1.82) is 0 Å². The molecule has 0 bridgehead atoms. The molecular formula is C23H33ClN4O4. The minimum absolute atomic E-state index is 0.212. The van der Waals surface area contributed by atoms with Crippen LogP contribution in [0.4, 0.5) is 16.3 Å². The van der Waals surface area contributed by atoms with E-state index in [1.54, 1.807) is 17.2 Å². The van der Waals surface area contributed by atoms with Crippen LogP contribution in [-0.4, -0.2) is 72.4 Å². The molecule has 1 aliphatic carbocycles. The Morgan fingerprint density at radius 3 is 2.75 bits per heavy atom. The molecule has 1 N–H and O–H groups in total. The van der Waals surface area contributed by atoms with Crippen molar-refractivity contribution in [2.24, 2.45) is 5.92 Å². The number of pyridine rings is 1. The molecule has 176 valence electrons. The molecule has 1 aromatic heterocycles. The molecule has 8 nitrogen and oxygen atoms in total. The van der Waals surface area contributed by atoms with Crippen molar-refractivity contribution >= 4 is 35.6 Å². The van der Waals surface area contributed by atoms with E-state index in [1.165, 1.54) is 0 Å². The number of aliphatic hydroxyl groups is 1. The van der Waals surface area contributed by atoms with Crippen LogP contribution < -0.4 is 9.80 Å². The van der Waals surface area contributed by atoms with Gasteiger partial charge in [0.15, 0.2) is 0 Å². The number of hydrogen-bond acceptors (Lipinski definition) is 6. The summed E-state index contributed by atoms with van der Waals surface area (Å²) in [6.45, 7) is 3.56. The Labute approximate surface area is 194 Å². The van der Waals surface area contributed by atoms with Crippen LogP contribution in [0.15, 0.2) is 12.3 Å². The average molecular weight is 465 g/mol. The normalized spacial score (nSPS) is 26.6. The first-order chi connectivity index (χ1) is 15.5. The predicted octanol–water partition coefficient (Wildman–Crippen LogP) is 3.45. The van der Waals surface area contributed by atoms with Crippen molar-refractivity contribution in [3.8, 4) is 0 Å². The number of carbonyl (C=O) groups is 2. The molecule has 1 unspecified atom stereocenters. The van der Waals surface area contributed by atoms with Crippen LogP contribution in [0.3, 0.4) is 0 Å². The van der Waals surface area contributed by atoms with Crippen molar-refractivity contribution in [2.45, 2.75) is 63.5 Å². The van der Waals surface area contributed by atoms with Crippen molar-refractivity contribution < 1.29 is 19.4 Å². The minimum atomic E-state index is -0.355. The molecule has 1 aromatic rings. The fourth-order valence-electron chi connectivity index (χ4n) is 5.12. The second-order valence-electron chi connectivity index (χ2n) is 9.17. The number of nitrogens with zero attached hydrogens (tertiary/aromatic N) is 4. The smallest absolute Gasteiger partial charge is 0.414 e. The number of ether oxygens (including phenoxy) is 1. The lowest BCUT2D eigenvalue weighted by molar-refractivity contribution is -0.121. The number of cyclic esters (lactones) is 1. The van der Waals surface area contributed by atoms with Gasteiger partial charge in [-0.2, -0.15) is 0 Å². The number of amides is 2. The lowest BCUT2D eigenvalue weighted by atomic mass is 9.91. The summed E-state index contributed by atoms with van der Waals surface area (Å²) in [6.07, 6.45) is 9.35. The Hall–Kier alpha value is -2.06. The quantitative estimate of drug-likeness (QED) is 0.622. The first-order valence-electron chi connectivity index (χ1n) is 11.8. The summed E-state index contributed by atoms with van der Waals surface area (Å²) in [7, 11) is 0. The van der Waals surface area contributed by atoms with Gasteiger partial charge in [0.2, 0.25) is 6.41 Å². The highest BCUT2D eigenvalue weighted by Crippen LogP contribution is 2.32. The van der Waals surface area contributed by atoms with Gasteiger partial charge in [-0.3, -0.25) is 9.69 Å². The van der Waals surface area contributed by atoms with Crippen LogP contribution in [0, 0.1) is 5.92 Å². The van der Waals surface area contributed by atoms with Gasteiger partial charge >= 0.3 is 6.09 Å². The van der Waals surface area contributed by atoms with Gasteiger partial charge in [-0.05, 0) is 63.4 Å². The Kier molecular flexibility index (Phi) is 7.73. The van der Waals surface area contributed by atoms with Crippen molar-refractivity contribution in [3.05, 3.63) is 17.3 Å². The van der Waals surface area contributed by atoms with E-state index in [9.17, 15) is 14.7 Å². The van der Waals surface area contributed by atoms with Crippen LogP contribution in [0.1, 0.15) is 51.4 Å². The monoisotopic (exact) mass is 464 g/mol. The summed E-state index contributed by atoms with van der Waals surface area (Å²) in [6, 6.07) is 2.05. The van der Waals surface area contributed by atoms with Gasteiger partial charge in [0.05, 0.1) is 29.6 Å². The number of anilines is 2. The molecule has 2 amide bonds. The average Bonchev–Trinajstić information content (AvgIpc) is 2.81. The van der Waals surface area contributed by atoms with Crippen molar-refractivity contribution in [1.82, 2.24) is 9.88 Å². The minimum Gasteiger partial charge on any atom is -0.449 e. The maximum atomic E-state index is 12.0. The van der Waals surface area contributed by atoms with Gasteiger partial charge in [-0.25, -0.2) is 9.78 Å². The maximum Gasteiger partial charge on any atom is 0.414 e. The van der Waals surface area contributed by atoms with E-state index in [1.807, 2.05) is 4.90 Å². The lowest BCUT2D eigenvalue weighted by Gasteiger charge is -2.37. The highest BCUT2D eigenvalue weighted by molar-refractivity contribution is 6.33. The molecule has 0 radical (unpaired) electrons. The second kappa shape index (κ2) is 10.7. The maximum absolute atomic E-state index is 12.0. The highest BCUT2D eigenvalue weighted by Gasteiger charge is 2.28. The molecule has 4 rings (SSSR count). The Morgan fingerprint density at radius 1 is 1.22 bits per heavy atom. The number of aliphatic hydroxyl groups excluding tert-OH is 1. The fraction of sp³-hybridized carbons (Fsp3) is 0.696. The summed E-state index contributed by atoms with van der Waals surface area (Å²) in [5.41, 5.74) is 0.663. The van der Waals surface area contributed by atoms with Gasteiger partial charge in [-0.15, -0.1) is 0 Å². The summed E-state index contributed by atoms with van der Waals surface area (Å²) < 4.78 is 5.11. The molecule has 3 fully saturated rings. The van der Waals surface area contributed by atoms with E-state index < -0.39 is 0 Å². The van der Waals surface area contributed by atoms with Crippen LogP contribution in [0.5, 0.6) is 0 Å². The van der Waals surface area contributed by atoms with Crippen molar-refractivity contribution in [2.75, 3.05) is 42.6 Å². The van der Waals surface area contributed by atoms with Gasteiger partial charge in [0.1, 0.15) is 5.82 Å². The van der Waals surface area contributed by atoms with Gasteiger partial charge in [0, 0.05) is 32.2 Å². The standard InChI is InChI=1S/C23H33ClN4O4/c24-21-13-19(28-10-2-12-32-23(28)31)14-25-22(21)26-9-1-3-17(15-26)8-11-27(16-29)18-4-6-20(30)7-5-18/h13-14,16-18,20,30H,1-12,15H2. The largest absolute Gasteiger partial charge is 0.449 e. The van der Waals surface area contributed by atoms with Crippen molar-refractivity contribution in [3.63, 3.8) is 0 Å². The topological polar surface area (TPSA) is 86.2 Å². The molecule has 1 saturated carbocycles. The first-order valence-corrected chi connectivity index (χ1v) is 12.2. The molecule has 9 heteroatoms. The third-order valence-corrected chi connectivity index (χ3v) is 7.25. The zero-order valence-corrected chi connectivity index (χ0v) is 19.3. The second-order valence-corrected chi connectivity index (χ2v) is 9.57. The Bertz CT molecular complexity index is 802. The lowest BCUT2D eigenvalue weighted by Crippen LogP contribution is -2.41. The molecule has 3 aliphatic rings. The van der Waals surface area contributed by atoms with E-state index >= 15 is 0 Å². The van der Waals surface area contributed by atoms with Gasteiger partial charge < -0.3 is 19.6 Å². The first kappa shape index (κ1) is 23.1. The van der Waals surface area contributed by atoms with E-state index in [0.29, 0.717) is 29.8 Å². The third-order valence-electron chi connectivity index (χ3n) is 6.98.